The second-order valence-corrected chi connectivity index (χ2v) is 6.25. The van der Waals surface area contributed by atoms with E-state index in [1.165, 1.54) is 51.9 Å². The SMILES string of the molecule is CCN1CCC(C(C)NCC2(C)CC2)CC1. The minimum Gasteiger partial charge on any atom is -0.313 e. The lowest BCUT2D eigenvalue weighted by Gasteiger charge is -2.35. The second kappa shape index (κ2) is 5.05. The highest BCUT2D eigenvalue weighted by Crippen LogP contribution is 2.44. The Bertz CT molecular complexity index is 215. The Hall–Kier alpha value is -0.0800. The van der Waals surface area contributed by atoms with Gasteiger partial charge < -0.3 is 10.2 Å². The van der Waals surface area contributed by atoms with E-state index in [0.29, 0.717) is 5.41 Å². The number of nitrogens with zero attached hydrogens (tertiary/aromatic N) is 1. The standard InChI is InChI=1S/C14H28N2/c1-4-16-9-5-13(6-10-16)12(2)15-11-14(3)7-8-14/h12-13,15H,4-11H2,1-3H3. The zero-order valence-corrected chi connectivity index (χ0v) is 11.3. The van der Waals surface area contributed by atoms with Crippen LogP contribution in [0.25, 0.3) is 0 Å². The third-order valence-corrected chi connectivity index (χ3v) is 4.74. The highest BCUT2D eigenvalue weighted by molar-refractivity contribution is 4.91. The molecular formula is C14H28N2. The van der Waals surface area contributed by atoms with Gasteiger partial charge in [0.2, 0.25) is 0 Å². The molecule has 2 aliphatic rings. The van der Waals surface area contributed by atoms with Gasteiger partial charge in [0, 0.05) is 12.6 Å². The topological polar surface area (TPSA) is 15.3 Å². The van der Waals surface area contributed by atoms with Gasteiger partial charge in [-0.25, -0.2) is 0 Å². The summed E-state index contributed by atoms with van der Waals surface area (Å²) in [5.41, 5.74) is 0.651. The van der Waals surface area contributed by atoms with Gasteiger partial charge in [-0.15, -0.1) is 0 Å². The Labute approximate surface area is 101 Å². The summed E-state index contributed by atoms with van der Waals surface area (Å²) in [5, 5.41) is 3.77. The maximum absolute atomic E-state index is 3.77. The first-order valence-corrected chi connectivity index (χ1v) is 7.09. The molecule has 1 saturated heterocycles. The molecule has 2 nitrogen and oxygen atoms in total. The minimum absolute atomic E-state index is 0.651. The number of nitrogens with one attached hydrogen (secondary N) is 1. The highest BCUT2D eigenvalue weighted by Gasteiger charge is 2.37. The molecule has 1 saturated carbocycles. The zero-order chi connectivity index (χ0) is 11.6. The molecule has 1 N–H and O–H groups in total. The van der Waals surface area contributed by atoms with Crippen molar-refractivity contribution in [3.63, 3.8) is 0 Å². The molecule has 1 heterocycles. The largest absolute Gasteiger partial charge is 0.313 e. The van der Waals surface area contributed by atoms with Crippen molar-refractivity contribution in [1.29, 1.82) is 0 Å². The van der Waals surface area contributed by atoms with Gasteiger partial charge >= 0.3 is 0 Å². The smallest absolute Gasteiger partial charge is 0.00681 e. The molecule has 0 amide bonds. The summed E-state index contributed by atoms with van der Waals surface area (Å²) < 4.78 is 0. The second-order valence-electron chi connectivity index (χ2n) is 6.25. The average Bonchev–Trinajstić information content (AvgIpc) is 3.05. The molecule has 1 atom stereocenters. The van der Waals surface area contributed by atoms with Crippen LogP contribution in [-0.2, 0) is 0 Å². The third kappa shape index (κ3) is 3.21. The maximum Gasteiger partial charge on any atom is 0.00681 e. The minimum atomic E-state index is 0.651. The summed E-state index contributed by atoms with van der Waals surface area (Å²) in [6.45, 7) is 12.2. The monoisotopic (exact) mass is 224 g/mol. The molecular weight excluding hydrogens is 196 g/mol. The quantitative estimate of drug-likeness (QED) is 0.772. The summed E-state index contributed by atoms with van der Waals surface area (Å²) in [5.74, 6) is 0.908. The fourth-order valence-electron chi connectivity index (χ4n) is 2.73. The predicted molar refractivity (Wildman–Crippen MR) is 69.6 cm³/mol. The van der Waals surface area contributed by atoms with Crippen LogP contribution in [0.5, 0.6) is 0 Å². The molecule has 0 aromatic carbocycles. The van der Waals surface area contributed by atoms with Gasteiger partial charge in [0.25, 0.3) is 0 Å². The first-order chi connectivity index (χ1) is 7.63. The van der Waals surface area contributed by atoms with Gasteiger partial charge in [-0.3, -0.25) is 0 Å². The molecule has 1 aliphatic carbocycles. The van der Waals surface area contributed by atoms with Gasteiger partial charge in [0.15, 0.2) is 0 Å². The summed E-state index contributed by atoms with van der Waals surface area (Å²) in [6, 6.07) is 0.719. The van der Waals surface area contributed by atoms with Crippen molar-refractivity contribution in [1.82, 2.24) is 10.2 Å². The number of likely N-dealkylation sites (tertiary alicyclic amines) is 1. The van der Waals surface area contributed by atoms with Crippen LogP contribution in [0.3, 0.4) is 0 Å². The van der Waals surface area contributed by atoms with Gasteiger partial charge in [0.1, 0.15) is 0 Å². The molecule has 2 heteroatoms. The summed E-state index contributed by atoms with van der Waals surface area (Å²) >= 11 is 0. The highest BCUT2D eigenvalue weighted by atomic mass is 15.1. The lowest BCUT2D eigenvalue weighted by atomic mass is 9.90. The van der Waals surface area contributed by atoms with Crippen molar-refractivity contribution in [3.8, 4) is 0 Å². The van der Waals surface area contributed by atoms with E-state index in [1.54, 1.807) is 0 Å². The van der Waals surface area contributed by atoms with Crippen LogP contribution >= 0.6 is 0 Å². The van der Waals surface area contributed by atoms with E-state index < -0.39 is 0 Å². The summed E-state index contributed by atoms with van der Waals surface area (Å²) in [7, 11) is 0. The van der Waals surface area contributed by atoms with Gasteiger partial charge in [-0.05, 0) is 63.6 Å². The lowest BCUT2D eigenvalue weighted by Crippen LogP contribution is -2.43. The van der Waals surface area contributed by atoms with Crippen LogP contribution in [0, 0.1) is 11.3 Å². The predicted octanol–water partition coefficient (Wildman–Crippen LogP) is 2.50. The number of piperidine rings is 1. The van der Waals surface area contributed by atoms with E-state index in [9.17, 15) is 0 Å². The zero-order valence-electron chi connectivity index (χ0n) is 11.3. The van der Waals surface area contributed by atoms with Crippen molar-refractivity contribution in [2.75, 3.05) is 26.2 Å². The number of hydrogen-bond acceptors (Lipinski definition) is 2. The van der Waals surface area contributed by atoms with Crippen molar-refractivity contribution >= 4 is 0 Å². The van der Waals surface area contributed by atoms with Gasteiger partial charge in [-0.1, -0.05) is 13.8 Å². The van der Waals surface area contributed by atoms with E-state index in [-0.39, 0.29) is 0 Å². The Morgan fingerprint density at radius 2 is 1.94 bits per heavy atom. The Balaban J connectivity index is 1.67. The summed E-state index contributed by atoms with van der Waals surface area (Å²) in [6.07, 6.45) is 5.64. The number of rotatable bonds is 5. The number of hydrogen-bond donors (Lipinski definition) is 1. The molecule has 2 rings (SSSR count). The first-order valence-electron chi connectivity index (χ1n) is 7.09. The molecule has 0 spiro atoms. The molecule has 0 bridgehead atoms. The Morgan fingerprint density at radius 1 is 1.31 bits per heavy atom. The Kier molecular flexibility index (Phi) is 3.91. The third-order valence-electron chi connectivity index (χ3n) is 4.74. The van der Waals surface area contributed by atoms with Crippen LogP contribution in [0.4, 0.5) is 0 Å². The van der Waals surface area contributed by atoms with Crippen LogP contribution in [0.15, 0.2) is 0 Å². The molecule has 0 radical (unpaired) electrons. The molecule has 0 aromatic rings. The van der Waals surface area contributed by atoms with Crippen LogP contribution in [-0.4, -0.2) is 37.1 Å². The molecule has 16 heavy (non-hydrogen) atoms. The van der Waals surface area contributed by atoms with Crippen molar-refractivity contribution < 1.29 is 0 Å². The van der Waals surface area contributed by atoms with Crippen LogP contribution in [0.2, 0.25) is 0 Å². The van der Waals surface area contributed by atoms with Crippen LogP contribution < -0.4 is 5.32 Å². The average molecular weight is 224 g/mol. The van der Waals surface area contributed by atoms with E-state index in [4.69, 9.17) is 0 Å². The van der Waals surface area contributed by atoms with E-state index in [1.807, 2.05) is 0 Å². The molecule has 94 valence electrons. The van der Waals surface area contributed by atoms with E-state index in [0.717, 1.165) is 12.0 Å². The fraction of sp³-hybridized carbons (Fsp3) is 1.00. The molecule has 1 aliphatic heterocycles. The Morgan fingerprint density at radius 3 is 2.44 bits per heavy atom. The lowest BCUT2D eigenvalue weighted by molar-refractivity contribution is 0.167. The van der Waals surface area contributed by atoms with Crippen molar-refractivity contribution in [2.45, 2.75) is 52.5 Å². The molecule has 1 unspecified atom stereocenters. The molecule has 0 aromatic heterocycles. The first kappa shape index (κ1) is 12.4. The van der Waals surface area contributed by atoms with E-state index >= 15 is 0 Å². The van der Waals surface area contributed by atoms with Gasteiger partial charge in [-0.2, -0.15) is 0 Å². The van der Waals surface area contributed by atoms with Crippen molar-refractivity contribution in [2.24, 2.45) is 11.3 Å². The molecule has 2 fully saturated rings. The summed E-state index contributed by atoms with van der Waals surface area (Å²) in [4.78, 5) is 2.57. The van der Waals surface area contributed by atoms with Crippen LogP contribution in [0.1, 0.15) is 46.5 Å². The van der Waals surface area contributed by atoms with Gasteiger partial charge in [0.05, 0.1) is 0 Å². The maximum atomic E-state index is 3.77. The van der Waals surface area contributed by atoms with Crippen molar-refractivity contribution in [3.05, 3.63) is 0 Å². The normalized spacial score (nSPS) is 27.9. The fourth-order valence-corrected chi connectivity index (χ4v) is 2.73. The van der Waals surface area contributed by atoms with E-state index in [2.05, 4.69) is 31.0 Å².